The molecule has 1 aliphatic carbocycles. The fourth-order valence-electron chi connectivity index (χ4n) is 2.60. The van der Waals surface area contributed by atoms with Gasteiger partial charge in [-0.05, 0) is 13.1 Å². The third-order valence-corrected chi connectivity index (χ3v) is 3.56. The highest BCUT2D eigenvalue weighted by atomic mass is 16.2. The van der Waals surface area contributed by atoms with Gasteiger partial charge in [0.25, 0.3) is 0 Å². The Hall–Kier alpha value is -2.79. The molecule has 3 rings (SSSR count). The van der Waals surface area contributed by atoms with Crippen molar-refractivity contribution in [3.63, 3.8) is 0 Å². The van der Waals surface area contributed by atoms with Crippen LogP contribution in [0.3, 0.4) is 0 Å². The second kappa shape index (κ2) is 5.54. The van der Waals surface area contributed by atoms with Crippen LogP contribution in [-0.4, -0.2) is 31.1 Å². The van der Waals surface area contributed by atoms with Gasteiger partial charge in [0.2, 0.25) is 5.91 Å². The van der Waals surface area contributed by atoms with E-state index in [2.05, 4.69) is 10.6 Å². The molecule has 1 amide bonds. The number of hydrogen-bond acceptors (Lipinski definition) is 4. The van der Waals surface area contributed by atoms with Crippen LogP contribution in [0, 0.1) is 0 Å². The molecule has 2 N–H and O–H groups in total. The first-order valence-corrected chi connectivity index (χ1v) is 6.89. The predicted molar refractivity (Wildman–Crippen MR) is 82.3 cm³/mol. The quantitative estimate of drug-likeness (QED) is 0.769. The Balaban J connectivity index is 2.11. The first-order valence-electron chi connectivity index (χ1n) is 6.89. The molecule has 0 aliphatic heterocycles. The highest BCUT2D eigenvalue weighted by Gasteiger charge is 2.31. The zero-order valence-electron chi connectivity index (χ0n) is 12.0. The lowest BCUT2D eigenvalue weighted by molar-refractivity contribution is -0.115. The van der Waals surface area contributed by atoms with Gasteiger partial charge in [-0.15, -0.1) is 0 Å². The fraction of sp³-hybridized carbons (Fsp3) is 0.118. The summed E-state index contributed by atoms with van der Waals surface area (Å²) in [4.78, 5) is 37.0. The Morgan fingerprint density at radius 1 is 0.909 bits per heavy atom. The predicted octanol–water partition coefficient (Wildman–Crippen LogP) is 1.62. The Morgan fingerprint density at radius 3 is 2.23 bits per heavy atom. The summed E-state index contributed by atoms with van der Waals surface area (Å²) >= 11 is 0. The molecule has 0 unspecified atom stereocenters. The molecule has 1 aliphatic rings. The van der Waals surface area contributed by atoms with Crippen LogP contribution < -0.4 is 10.6 Å². The summed E-state index contributed by atoms with van der Waals surface area (Å²) in [6.45, 7) is 0.127. The normalized spacial score (nSPS) is 12.6. The monoisotopic (exact) mass is 294 g/mol. The lowest BCUT2D eigenvalue weighted by Gasteiger charge is -2.20. The number of hydrogen-bond donors (Lipinski definition) is 2. The number of anilines is 1. The molecule has 0 fully saturated rings. The van der Waals surface area contributed by atoms with E-state index < -0.39 is 0 Å². The highest BCUT2D eigenvalue weighted by Crippen LogP contribution is 2.31. The minimum Gasteiger partial charge on any atom is -0.324 e. The number of ketones is 2. The van der Waals surface area contributed by atoms with Crippen molar-refractivity contribution in [1.29, 1.82) is 0 Å². The van der Waals surface area contributed by atoms with Gasteiger partial charge in [-0.1, -0.05) is 36.4 Å². The van der Waals surface area contributed by atoms with Crippen LogP contribution in [0.4, 0.5) is 5.69 Å². The summed E-state index contributed by atoms with van der Waals surface area (Å²) in [5, 5.41) is 5.42. The van der Waals surface area contributed by atoms with Gasteiger partial charge in [0, 0.05) is 16.7 Å². The summed E-state index contributed by atoms with van der Waals surface area (Å²) in [7, 11) is 1.66. The maximum atomic E-state index is 12.7. The molecule has 0 aromatic heterocycles. The molecule has 0 radical (unpaired) electrons. The van der Waals surface area contributed by atoms with Crippen LogP contribution >= 0.6 is 0 Å². The molecule has 0 bridgehead atoms. The van der Waals surface area contributed by atoms with Crippen molar-refractivity contribution in [2.45, 2.75) is 0 Å². The van der Waals surface area contributed by atoms with E-state index in [-0.39, 0.29) is 29.6 Å². The topological polar surface area (TPSA) is 75.3 Å². The van der Waals surface area contributed by atoms with Gasteiger partial charge in [-0.3, -0.25) is 14.4 Å². The number of benzene rings is 2. The SMILES string of the molecule is CNCC(=O)Nc1cccc2c1C(=O)c1ccccc1C2=O. The number of fused-ring (bicyclic) bond motifs is 2. The van der Waals surface area contributed by atoms with Crippen molar-refractivity contribution in [2.24, 2.45) is 0 Å². The van der Waals surface area contributed by atoms with Crippen LogP contribution in [0.25, 0.3) is 0 Å². The van der Waals surface area contributed by atoms with Gasteiger partial charge in [0.15, 0.2) is 11.6 Å². The maximum Gasteiger partial charge on any atom is 0.238 e. The third-order valence-electron chi connectivity index (χ3n) is 3.56. The molecule has 5 heteroatoms. The van der Waals surface area contributed by atoms with Crippen LogP contribution in [0.15, 0.2) is 42.5 Å². The zero-order valence-corrected chi connectivity index (χ0v) is 12.0. The highest BCUT2D eigenvalue weighted by molar-refractivity contribution is 6.30. The molecule has 0 saturated heterocycles. The average Bonchev–Trinajstić information content (AvgIpc) is 2.53. The summed E-state index contributed by atoms with van der Waals surface area (Å²) < 4.78 is 0. The van der Waals surface area contributed by atoms with E-state index in [0.717, 1.165) is 0 Å². The molecule has 2 aromatic carbocycles. The molecule has 2 aromatic rings. The number of carbonyl (C=O) groups is 3. The van der Waals surface area contributed by atoms with Crippen molar-refractivity contribution in [3.05, 3.63) is 64.7 Å². The summed E-state index contributed by atoms with van der Waals surface area (Å²) in [5.74, 6) is -0.713. The Morgan fingerprint density at radius 2 is 1.55 bits per heavy atom. The van der Waals surface area contributed by atoms with E-state index in [4.69, 9.17) is 0 Å². The Kier molecular flexibility index (Phi) is 3.56. The molecule has 22 heavy (non-hydrogen) atoms. The first kappa shape index (κ1) is 14.2. The molecule has 0 atom stereocenters. The van der Waals surface area contributed by atoms with E-state index in [1.54, 1.807) is 49.5 Å². The molecule has 5 nitrogen and oxygen atoms in total. The summed E-state index contributed by atoms with van der Waals surface area (Å²) in [5.41, 5.74) is 1.72. The van der Waals surface area contributed by atoms with Gasteiger partial charge in [-0.25, -0.2) is 0 Å². The maximum absolute atomic E-state index is 12.7. The van der Waals surface area contributed by atoms with E-state index >= 15 is 0 Å². The van der Waals surface area contributed by atoms with E-state index in [9.17, 15) is 14.4 Å². The van der Waals surface area contributed by atoms with Gasteiger partial charge in [0.05, 0.1) is 17.8 Å². The number of nitrogens with one attached hydrogen (secondary N) is 2. The van der Waals surface area contributed by atoms with Crippen LogP contribution in [0.1, 0.15) is 31.8 Å². The van der Waals surface area contributed by atoms with Gasteiger partial charge >= 0.3 is 0 Å². The third kappa shape index (κ3) is 2.21. The molecular formula is C17H14N2O3. The summed E-state index contributed by atoms with van der Waals surface area (Å²) in [6.07, 6.45) is 0. The molecule has 0 spiro atoms. The lowest BCUT2D eigenvalue weighted by atomic mass is 9.83. The first-order chi connectivity index (χ1) is 10.6. The van der Waals surface area contributed by atoms with Crippen LogP contribution in [-0.2, 0) is 4.79 Å². The Labute approximate surface area is 127 Å². The standard InChI is InChI=1S/C17H14N2O3/c1-18-9-14(20)19-13-8-4-7-12-15(13)17(22)11-6-3-2-5-10(11)16(12)21/h2-8,18H,9H2,1H3,(H,19,20). The van der Waals surface area contributed by atoms with Crippen molar-refractivity contribution < 1.29 is 14.4 Å². The van der Waals surface area contributed by atoms with E-state index in [0.29, 0.717) is 22.4 Å². The molecule has 0 heterocycles. The minimum atomic E-state index is -0.269. The van der Waals surface area contributed by atoms with Crippen LogP contribution in [0.5, 0.6) is 0 Å². The van der Waals surface area contributed by atoms with Crippen molar-refractivity contribution in [2.75, 3.05) is 18.9 Å². The van der Waals surface area contributed by atoms with Crippen molar-refractivity contribution in [3.8, 4) is 0 Å². The van der Waals surface area contributed by atoms with E-state index in [1.165, 1.54) is 0 Å². The fourth-order valence-corrected chi connectivity index (χ4v) is 2.60. The number of carbonyl (C=O) groups excluding carboxylic acids is 3. The molecular weight excluding hydrogens is 280 g/mol. The summed E-state index contributed by atoms with van der Waals surface area (Å²) in [6, 6.07) is 11.6. The van der Waals surface area contributed by atoms with Gasteiger partial charge in [0.1, 0.15) is 0 Å². The van der Waals surface area contributed by atoms with E-state index in [1.807, 2.05) is 0 Å². The number of rotatable bonds is 3. The smallest absolute Gasteiger partial charge is 0.238 e. The largest absolute Gasteiger partial charge is 0.324 e. The average molecular weight is 294 g/mol. The minimum absolute atomic E-state index is 0.127. The van der Waals surface area contributed by atoms with Crippen molar-refractivity contribution >= 4 is 23.2 Å². The number of likely N-dealkylation sites (N-methyl/N-ethyl adjacent to an activating group) is 1. The lowest BCUT2D eigenvalue weighted by Crippen LogP contribution is -2.28. The zero-order chi connectivity index (χ0) is 15.7. The van der Waals surface area contributed by atoms with Crippen LogP contribution in [0.2, 0.25) is 0 Å². The van der Waals surface area contributed by atoms with Gasteiger partial charge in [-0.2, -0.15) is 0 Å². The molecule has 110 valence electrons. The van der Waals surface area contributed by atoms with Crippen molar-refractivity contribution in [1.82, 2.24) is 5.32 Å². The second-order valence-electron chi connectivity index (χ2n) is 5.01. The molecule has 0 saturated carbocycles. The second-order valence-corrected chi connectivity index (χ2v) is 5.01. The number of amides is 1. The van der Waals surface area contributed by atoms with Gasteiger partial charge < -0.3 is 10.6 Å². The Bertz CT molecular complexity index is 796.